The van der Waals surface area contributed by atoms with Crippen LogP contribution in [0.3, 0.4) is 0 Å². The molecule has 1 amide bonds. The highest BCUT2D eigenvalue weighted by atomic mass is 35.5. The molecule has 0 aliphatic carbocycles. The molecule has 0 bridgehead atoms. The Balaban J connectivity index is 2.47. The molecule has 0 aromatic heterocycles. The summed E-state index contributed by atoms with van der Waals surface area (Å²) in [4.78, 5) is 10.6. The zero-order valence-corrected chi connectivity index (χ0v) is 9.79. The zero-order valence-electron chi connectivity index (χ0n) is 9.03. The summed E-state index contributed by atoms with van der Waals surface area (Å²) in [5.41, 5.74) is 0.849. The van der Waals surface area contributed by atoms with Crippen LogP contribution in [0.15, 0.2) is 24.3 Å². The number of carbonyl (C=O) groups excluding carboxylic acids is 1. The Morgan fingerprint density at radius 2 is 2.31 bits per heavy atom. The number of nitrogens with one attached hydrogen (secondary N) is 1. The normalized spacial score (nSPS) is 10.6. The second kappa shape index (κ2) is 6.18. The van der Waals surface area contributed by atoms with E-state index in [1.165, 1.54) is 13.0 Å². The number of amides is 1. The summed E-state index contributed by atoms with van der Waals surface area (Å²) < 4.78 is 0. The fourth-order valence-corrected chi connectivity index (χ4v) is 1.43. The van der Waals surface area contributed by atoms with Gasteiger partial charge < -0.3 is 10.4 Å². The van der Waals surface area contributed by atoms with E-state index in [2.05, 4.69) is 5.32 Å². The number of phenols is 1. The molecule has 0 radical (unpaired) electrons. The van der Waals surface area contributed by atoms with Gasteiger partial charge in [0, 0.05) is 13.5 Å². The van der Waals surface area contributed by atoms with Gasteiger partial charge in [-0.3, -0.25) is 4.79 Å². The van der Waals surface area contributed by atoms with Crippen molar-refractivity contribution in [1.29, 1.82) is 0 Å². The molecule has 0 heterocycles. The molecule has 0 fully saturated rings. The number of halogens is 1. The second-order valence-corrected chi connectivity index (χ2v) is 3.79. The third kappa shape index (κ3) is 4.36. The number of aromatic hydroxyl groups is 1. The predicted molar refractivity (Wildman–Crippen MR) is 65.5 cm³/mol. The Morgan fingerprint density at radius 1 is 1.56 bits per heavy atom. The quantitative estimate of drug-likeness (QED) is 0.794. The Hall–Kier alpha value is -1.48. The lowest BCUT2D eigenvalue weighted by molar-refractivity contribution is -0.118. The molecule has 0 spiro atoms. The Morgan fingerprint density at radius 3 is 2.94 bits per heavy atom. The molecular weight excluding hydrogens is 226 g/mol. The maximum atomic E-state index is 10.6. The molecule has 1 rings (SSSR count). The smallest absolute Gasteiger partial charge is 0.216 e. The third-order valence-electron chi connectivity index (χ3n) is 1.97. The fraction of sp³-hybridized carbons (Fsp3) is 0.250. The van der Waals surface area contributed by atoms with Crippen LogP contribution in [-0.4, -0.2) is 17.6 Å². The van der Waals surface area contributed by atoms with Gasteiger partial charge >= 0.3 is 0 Å². The van der Waals surface area contributed by atoms with Gasteiger partial charge in [0.2, 0.25) is 5.91 Å². The summed E-state index contributed by atoms with van der Waals surface area (Å²) in [7, 11) is 0. The third-order valence-corrected chi connectivity index (χ3v) is 2.29. The van der Waals surface area contributed by atoms with Gasteiger partial charge in [0.15, 0.2) is 0 Å². The summed E-state index contributed by atoms with van der Waals surface area (Å²) in [6, 6.07) is 4.82. The number of hydrogen-bond acceptors (Lipinski definition) is 2. The first-order valence-electron chi connectivity index (χ1n) is 4.99. The Bertz CT molecular complexity index is 402. The van der Waals surface area contributed by atoms with Crippen LogP contribution in [0.1, 0.15) is 18.9 Å². The van der Waals surface area contributed by atoms with Crippen LogP contribution in [0.2, 0.25) is 5.02 Å². The number of benzene rings is 1. The van der Waals surface area contributed by atoms with Crippen LogP contribution in [0.4, 0.5) is 0 Å². The minimum Gasteiger partial charge on any atom is -0.508 e. The van der Waals surface area contributed by atoms with E-state index in [-0.39, 0.29) is 11.7 Å². The van der Waals surface area contributed by atoms with Gasteiger partial charge in [-0.1, -0.05) is 23.8 Å². The fourth-order valence-electron chi connectivity index (χ4n) is 1.19. The van der Waals surface area contributed by atoms with Gasteiger partial charge in [0.05, 0.1) is 5.02 Å². The first-order valence-corrected chi connectivity index (χ1v) is 5.37. The Labute approximate surface area is 99.7 Å². The highest BCUT2D eigenvalue weighted by molar-refractivity contribution is 6.32. The van der Waals surface area contributed by atoms with Crippen molar-refractivity contribution in [2.45, 2.75) is 13.3 Å². The summed E-state index contributed by atoms with van der Waals surface area (Å²) >= 11 is 5.91. The molecular formula is C12H14ClNO2. The van der Waals surface area contributed by atoms with Crippen molar-refractivity contribution in [3.8, 4) is 5.75 Å². The first-order chi connectivity index (χ1) is 7.59. The average molecular weight is 240 g/mol. The highest BCUT2D eigenvalue weighted by Crippen LogP contribution is 2.22. The second-order valence-electron chi connectivity index (χ2n) is 3.38. The lowest BCUT2D eigenvalue weighted by atomic mass is 10.2. The summed E-state index contributed by atoms with van der Waals surface area (Å²) in [6.45, 7) is 2.10. The van der Waals surface area contributed by atoms with Crippen LogP contribution in [-0.2, 0) is 4.79 Å². The van der Waals surface area contributed by atoms with E-state index in [9.17, 15) is 4.79 Å². The molecule has 1 aromatic carbocycles. The molecule has 16 heavy (non-hydrogen) atoms. The summed E-state index contributed by atoms with van der Waals surface area (Å²) in [6.07, 6.45) is 4.54. The van der Waals surface area contributed by atoms with Gasteiger partial charge in [-0.15, -0.1) is 0 Å². The highest BCUT2D eigenvalue weighted by Gasteiger charge is 1.97. The minimum absolute atomic E-state index is 0.0314. The van der Waals surface area contributed by atoms with Crippen molar-refractivity contribution in [3.05, 3.63) is 34.9 Å². The molecule has 0 aliphatic heterocycles. The van der Waals surface area contributed by atoms with Crippen molar-refractivity contribution in [2.75, 3.05) is 6.54 Å². The van der Waals surface area contributed by atoms with E-state index in [0.29, 0.717) is 11.6 Å². The van der Waals surface area contributed by atoms with Crippen molar-refractivity contribution in [2.24, 2.45) is 0 Å². The van der Waals surface area contributed by atoms with Crippen molar-refractivity contribution < 1.29 is 9.90 Å². The van der Waals surface area contributed by atoms with E-state index in [1.807, 2.05) is 12.2 Å². The van der Waals surface area contributed by atoms with Crippen LogP contribution < -0.4 is 5.32 Å². The molecule has 0 atom stereocenters. The molecule has 0 aliphatic rings. The maximum Gasteiger partial charge on any atom is 0.216 e. The monoisotopic (exact) mass is 239 g/mol. The lowest BCUT2D eigenvalue weighted by Crippen LogP contribution is -2.20. The minimum atomic E-state index is -0.0314. The SMILES string of the molecule is CC(=O)NCCC=Cc1ccc(O)cc1Cl. The van der Waals surface area contributed by atoms with Gasteiger partial charge in [0.1, 0.15) is 5.75 Å². The van der Waals surface area contributed by atoms with Gasteiger partial charge in [-0.2, -0.15) is 0 Å². The number of hydrogen-bond donors (Lipinski definition) is 2. The molecule has 0 saturated carbocycles. The standard InChI is InChI=1S/C12H14ClNO2/c1-9(15)14-7-3-2-4-10-5-6-11(16)8-12(10)13/h2,4-6,8,16H,3,7H2,1H3,(H,14,15). The molecule has 4 heteroatoms. The van der Waals surface area contributed by atoms with Crippen molar-refractivity contribution in [3.63, 3.8) is 0 Å². The van der Waals surface area contributed by atoms with Gasteiger partial charge in [-0.05, 0) is 30.2 Å². The number of rotatable bonds is 4. The molecule has 0 unspecified atom stereocenters. The van der Waals surface area contributed by atoms with Crippen LogP contribution in [0.25, 0.3) is 6.08 Å². The largest absolute Gasteiger partial charge is 0.508 e. The predicted octanol–water partition coefficient (Wildman–Crippen LogP) is 2.59. The van der Waals surface area contributed by atoms with Crippen molar-refractivity contribution in [1.82, 2.24) is 5.32 Å². The van der Waals surface area contributed by atoms with E-state index in [0.717, 1.165) is 12.0 Å². The molecule has 0 saturated heterocycles. The van der Waals surface area contributed by atoms with E-state index in [4.69, 9.17) is 16.7 Å². The Kier molecular flexibility index (Phi) is 4.86. The zero-order chi connectivity index (χ0) is 12.0. The molecule has 86 valence electrons. The van der Waals surface area contributed by atoms with E-state index >= 15 is 0 Å². The number of phenolic OH excluding ortho intramolecular Hbond substituents is 1. The summed E-state index contributed by atoms with van der Waals surface area (Å²) in [5, 5.41) is 12.4. The number of carbonyl (C=O) groups is 1. The van der Waals surface area contributed by atoms with Crippen LogP contribution >= 0.6 is 11.6 Å². The van der Waals surface area contributed by atoms with Gasteiger partial charge in [-0.25, -0.2) is 0 Å². The van der Waals surface area contributed by atoms with E-state index < -0.39 is 0 Å². The maximum absolute atomic E-state index is 10.6. The molecule has 3 nitrogen and oxygen atoms in total. The average Bonchev–Trinajstić information content (AvgIpc) is 2.20. The molecule has 2 N–H and O–H groups in total. The van der Waals surface area contributed by atoms with Crippen molar-refractivity contribution >= 4 is 23.6 Å². The van der Waals surface area contributed by atoms with Gasteiger partial charge in [0.25, 0.3) is 0 Å². The van der Waals surface area contributed by atoms with Crippen LogP contribution in [0, 0.1) is 0 Å². The first kappa shape index (κ1) is 12.6. The molecule has 1 aromatic rings. The topological polar surface area (TPSA) is 49.3 Å². The van der Waals surface area contributed by atoms with Crippen LogP contribution in [0.5, 0.6) is 5.75 Å². The lowest BCUT2D eigenvalue weighted by Gasteiger charge is -1.99. The summed E-state index contributed by atoms with van der Waals surface area (Å²) in [5.74, 6) is 0.122. The van der Waals surface area contributed by atoms with E-state index in [1.54, 1.807) is 12.1 Å².